The maximum Gasteiger partial charge on any atom is 0.376 e. The van der Waals surface area contributed by atoms with Crippen LogP contribution in [-0.4, -0.2) is 80.6 Å². The molecule has 20 heavy (non-hydrogen) atoms. The molecule has 4 atom stereocenters. The average Bonchev–Trinajstić information content (AvgIpc) is 2.40. The van der Waals surface area contributed by atoms with E-state index in [1.807, 2.05) is 0 Å². The summed E-state index contributed by atoms with van der Waals surface area (Å²) in [4.78, 5) is 42.9. The zero-order chi connectivity index (χ0) is 15.9. The Balaban J connectivity index is 4.69. The van der Waals surface area contributed by atoms with Crippen molar-refractivity contribution in [2.45, 2.75) is 30.8 Å². The second-order valence-electron chi connectivity index (χ2n) is 3.73. The highest BCUT2D eigenvalue weighted by Crippen LogP contribution is 2.08. The highest BCUT2D eigenvalue weighted by molar-refractivity contribution is 6.36. The standard InChI is InChI=1S/C10H14O10/c11-2-5(14)8(17)9(18)6(3-12)20-10(19)4(13)1-7(15)16/h3,5-6,8-9,11,14,17-18H,1-2H2,(H,15,16)/t5-,6+,8-,9-/m1/s1. The van der Waals surface area contributed by atoms with Crippen molar-refractivity contribution in [1.29, 1.82) is 0 Å². The van der Waals surface area contributed by atoms with Gasteiger partial charge in [-0.05, 0) is 0 Å². The zero-order valence-corrected chi connectivity index (χ0v) is 10.1. The van der Waals surface area contributed by atoms with Gasteiger partial charge in [-0.3, -0.25) is 14.4 Å². The number of ketones is 1. The normalized spacial score (nSPS) is 16.6. The summed E-state index contributed by atoms with van der Waals surface area (Å²) in [5.74, 6) is -4.74. The van der Waals surface area contributed by atoms with E-state index < -0.39 is 55.2 Å². The summed E-state index contributed by atoms with van der Waals surface area (Å²) < 4.78 is 4.22. The van der Waals surface area contributed by atoms with Crippen LogP contribution in [0.2, 0.25) is 0 Å². The van der Waals surface area contributed by atoms with Gasteiger partial charge in [0.25, 0.3) is 5.78 Å². The van der Waals surface area contributed by atoms with Crippen molar-refractivity contribution < 1.29 is 49.4 Å². The number of rotatable bonds is 9. The number of esters is 1. The van der Waals surface area contributed by atoms with E-state index >= 15 is 0 Å². The van der Waals surface area contributed by atoms with E-state index in [4.69, 9.17) is 15.3 Å². The molecule has 5 N–H and O–H groups in total. The fourth-order valence-electron chi connectivity index (χ4n) is 1.11. The summed E-state index contributed by atoms with van der Waals surface area (Å²) in [6.07, 6.45) is -9.21. The van der Waals surface area contributed by atoms with E-state index in [-0.39, 0.29) is 6.29 Å². The predicted molar refractivity (Wildman–Crippen MR) is 58.3 cm³/mol. The number of aldehydes is 1. The highest BCUT2D eigenvalue weighted by Gasteiger charge is 2.34. The number of carbonyl (C=O) groups excluding carboxylic acids is 3. The molecule has 0 aromatic heterocycles. The average molecular weight is 294 g/mol. The molecule has 0 fully saturated rings. The van der Waals surface area contributed by atoms with Crippen LogP contribution >= 0.6 is 0 Å². The molecule has 0 aliphatic heterocycles. The number of aliphatic hydroxyl groups excluding tert-OH is 4. The Morgan fingerprint density at radius 1 is 1.10 bits per heavy atom. The minimum Gasteiger partial charge on any atom is -0.481 e. The van der Waals surface area contributed by atoms with Crippen LogP contribution in [0.15, 0.2) is 0 Å². The molecule has 10 nitrogen and oxygen atoms in total. The first-order valence-corrected chi connectivity index (χ1v) is 5.30. The number of carbonyl (C=O) groups is 4. The number of hydrogen-bond donors (Lipinski definition) is 5. The zero-order valence-electron chi connectivity index (χ0n) is 10.1. The van der Waals surface area contributed by atoms with E-state index in [0.29, 0.717) is 0 Å². The van der Waals surface area contributed by atoms with Gasteiger partial charge in [0.1, 0.15) is 24.7 Å². The number of aliphatic carboxylic acids is 1. The molecule has 0 unspecified atom stereocenters. The third-order valence-electron chi connectivity index (χ3n) is 2.18. The molecule has 0 radical (unpaired) electrons. The second-order valence-corrected chi connectivity index (χ2v) is 3.73. The largest absolute Gasteiger partial charge is 0.481 e. The number of ether oxygens (including phenoxy) is 1. The molecular formula is C10H14O10. The molecule has 0 heterocycles. The topological polar surface area (TPSA) is 179 Å². The van der Waals surface area contributed by atoms with Crippen molar-refractivity contribution in [2.75, 3.05) is 6.61 Å². The summed E-state index contributed by atoms with van der Waals surface area (Å²) in [6, 6.07) is 0. The van der Waals surface area contributed by atoms with Crippen molar-refractivity contribution in [3.63, 3.8) is 0 Å². The fourth-order valence-corrected chi connectivity index (χ4v) is 1.11. The van der Waals surface area contributed by atoms with Gasteiger partial charge in [-0.1, -0.05) is 0 Å². The van der Waals surface area contributed by atoms with Gasteiger partial charge in [0.05, 0.1) is 6.61 Å². The molecule has 0 aromatic rings. The van der Waals surface area contributed by atoms with Crippen LogP contribution < -0.4 is 0 Å². The first-order valence-electron chi connectivity index (χ1n) is 5.30. The van der Waals surface area contributed by atoms with Gasteiger partial charge < -0.3 is 30.3 Å². The second kappa shape index (κ2) is 8.32. The van der Waals surface area contributed by atoms with E-state index in [2.05, 4.69) is 4.74 Å². The molecule has 0 aliphatic carbocycles. The van der Waals surface area contributed by atoms with E-state index in [1.54, 1.807) is 0 Å². The molecule has 0 bridgehead atoms. The minimum absolute atomic E-state index is 0.121. The Morgan fingerprint density at radius 3 is 2.05 bits per heavy atom. The lowest BCUT2D eigenvalue weighted by Crippen LogP contribution is -2.48. The third kappa shape index (κ3) is 5.40. The van der Waals surface area contributed by atoms with Crippen LogP contribution in [-0.2, 0) is 23.9 Å². The predicted octanol–water partition coefficient (Wildman–Crippen LogP) is -3.78. The van der Waals surface area contributed by atoms with Crippen molar-refractivity contribution >= 4 is 24.0 Å². The Kier molecular flexibility index (Phi) is 7.54. The van der Waals surface area contributed by atoms with Crippen LogP contribution in [0.4, 0.5) is 0 Å². The van der Waals surface area contributed by atoms with Crippen LogP contribution in [0.3, 0.4) is 0 Å². The Labute approximate surface area is 112 Å². The van der Waals surface area contributed by atoms with Gasteiger partial charge in [0, 0.05) is 0 Å². The van der Waals surface area contributed by atoms with Crippen molar-refractivity contribution in [3.05, 3.63) is 0 Å². The Morgan fingerprint density at radius 2 is 1.65 bits per heavy atom. The van der Waals surface area contributed by atoms with Crippen molar-refractivity contribution in [1.82, 2.24) is 0 Å². The van der Waals surface area contributed by atoms with Gasteiger partial charge in [0.15, 0.2) is 12.4 Å². The summed E-state index contributed by atoms with van der Waals surface area (Å²) in [5.41, 5.74) is 0. The third-order valence-corrected chi connectivity index (χ3v) is 2.18. The summed E-state index contributed by atoms with van der Waals surface area (Å²) in [7, 11) is 0. The SMILES string of the molecule is O=C[C@H](OC(=O)C(=O)CC(=O)O)[C@@H](O)[C@H](O)[C@H](O)CO. The first-order chi connectivity index (χ1) is 9.24. The van der Waals surface area contributed by atoms with Crippen LogP contribution in [0.25, 0.3) is 0 Å². The molecular weight excluding hydrogens is 280 g/mol. The maximum atomic E-state index is 11.1. The summed E-state index contributed by atoms with van der Waals surface area (Å²) in [6.45, 7) is -0.935. The quantitative estimate of drug-likeness (QED) is 0.122. The van der Waals surface area contributed by atoms with Gasteiger partial charge in [-0.15, -0.1) is 0 Å². The lowest BCUT2D eigenvalue weighted by Gasteiger charge is -2.25. The fraction of sp³-hybridized carbons (Fsp3) is 0.600. The van der Waals surface area contributed by atoms with Crippen molar-refractivity contribution in [2.24, 2.45) is 0 Å². The molecule has 0 saturated carbocycles. The lowest BCUT2D eigenvalue weighted by atomic mass is 10.0. The van der Waals surface area contributed by atoms with Crippen molar-refractivity contribution in [3.8, 4) is 0 Å². The van der Waals surface area contributed by atoms with Gasteiger partial charge in [-0.25, -0.2) is 4.79 Å². The molecule has 0 rings (SSSR count). The molecule has 0 spiro atoms. The van der Waals surface area contributed by atoms with Gasteiger partial charge in [0.2, 0.25) is 0 Å². The lowest BCUT2D eigenvalue weighted by molar-refractivity contribution is -0.172. The molecule has 0 amide bonds. The summed E-state index contributed by atoms with van der Waals surface area (Å²) >= 11 is 0. The number of carboxylic acids is 1. The number of aliphatic hydroxyl groups is 4. The molecule has 10 heteroatoms. The van der Waals surface area contributed by atoms with E-state index in [1.165, 1.54) is 0 Å². The molecule has 0 aliphatic rings. The van der Waals surface area contributed by atoms with Crippen LogP contribution in [0, 0.1) is 0 Å². The first kappa shape index (κ1) is 18.1. The monoisotopic (exact) mass is 294 g/mol. The van der Waals surface area contributed by atoms with Gasteiger partial charge >= 0.3 is 11.9 Å². The van der Waals surface area contributed by atoms with Crippen LogP contribution in [0.1, 0.15) is 6.42 Å². The number of Topliss-reactive ketones (excluding diaryl/α,β-unsaturated/α-hetero) is 1. The number of hydrogen-bond acceptors (Lipinski definition) is 9. The van der Waals surface area contributed by atoms with E-state index in [0.717, 1.165) is 0 Å². The minimum atomic E-state index is -2.10. The van der Waals surface area contributed by atoms with Crippen LogP contribution in [0.5, 0.6) is 0 Å². The molecule has 114 valence electrons. The molecule has 0 saturated heterocycles. The highest BCUT2D eigenvalue weighted by atomic mass is 16.6. The van der Waals surface area contributed by atoms with E-state index in [9.17, 15) is 29.4 Å². The smallest absolute Gasteiger partial charge is 0.376 e. The maximum absolute atomic E-state index is 11.1. The summed E-state index contributed by atoms with van der Waals surface area (Å²) in [5, 5.41) is 44.6. The molecule has 0 aromatic carbocycles. The number of carboxylic acid groups (broad SMARTS) is 1. The Bertz CT molecular complexity index is 378. The van der Waals surface area contributed by atoms with Gasteiger partial charge in [-0.2, -0.15) is 0 Å². The Hall–Kier alpha value is -1.88.